The van der Waals surface area contributed by atoms with Crippen LogP contribution < -0.4 is 10.2 Å². The van der Waals surface area contributed by atoms with Crippen molar-refractivity contribution in [2.24, 2.45) is 5.92 Å². The summed E-state index contributed by atoms with van der Waals surface area (Å²) in [7, 11) is 0. The van der Waals surface area contributed by atoms with Gasteiger partial charge < -0.3 is 15.0 Å². The number of rotatable bonds is 5. The second-order valence-electron chi connectivity index (χ2n) is 7.33. The number of para-hydroxylation sites is 1. The minimum Gasteiger partial charge on any atom is -0.376 e. The first-order valence-electron chi connectivity index (χ1n) is 9.64. The van der Waals surface area contributed by atoms with Crippen LogP contribution in [-0.4, -0.2) is 31.1 Å². The highest BCUT2D eigenvalue weighted by Crippen LogP contribution is 2.29. The molecule has 2 aliphatic rings. The summed E-state index contributed by atoms with van der Waals surface area (Å²) in [6.07, 6.45) is 1.81. The van der Waals surface area contributed by atoms with E-state index >= 15 is 0 Å². The number of benzene rings is 2. The van der Waals surface area contributed by atoms with Crippen molar-refractivity contribution < 1.29 is 18.7 Å². The van der Waals surface area contributed by atoms with Gasteiger partial charge in [0.2, 0.25) is 11.8 Å². The van der Waals surface area contributed by atoms with E-state index in [4.69, 9.17) is 4.74 Å². The second kappa shape index (κ2) is 8.10. The van der Waals surface area contributed by atoms with Crippen molar-refractivity contribution in [1.29, 1.82) is 0 Å². The van der Waals surface area contributed by atoms with Crippen molar-refractivity contribution >= 4 is 17.5 Å². The van der Waals surface area contributed by atoms with Crippen LogP contribution in [0.2, 0.25) is 0 Å². The van der Waals surface area contributed by atoms with E-state index in [2.05, 4.69) is 5.32 Å². The van der Waals surface area contributed by atoms with E-state index in [-0.39, 0.29) is 36.2 Å². The first-order chi connectivity index (χ1) is 13.6. The molecule has 0 bridgehead atoms. The minimum atomic E-state index is -0.419. The van der Waals surface area contributed by atoms with E-state index in [1.165, 1.54) is 12.1 Å². The lowest BCUT2D eigenvalue weighted by molar-refractivity contribution is -0.127. The van der Waals surface area contributed by atoms with Crippen LogP contribution in [-0.2, 0) is 14.3 Å². The van der Waals surface area contributed by atoms with Gasteiger partial charge in [-0.15, -0.1) is 0 Å². The number of anilines is 1. The third-order valence-corrected chi connectivity index (χ3v) is 5.43. The molecule has 0 aliphatic carbocycles. The van der Waals surface area contributed by atoms with E-state index < -0.39 is 5.92 Å². The summed E-state index contributed by atoms with van der Waals surface area (Å²) < 4.78 is 19.1. The van der Waals surface area contributed by atoms with Gasteiger partial charge in [0.05, 0.1) is 18.1 Å². The van der Waals surface area contributed by atoms with Crippen LogP contribution in [0.5, 0.6) is 0 Å². The predicted molar refractivity (Wildman–Crippen MR) is 103 cm³/mol. The molecule has 2 amide bonds. The van der Waals surface area contributed by atoms with Crippen LogP contribution in [0.15, 0.2) is 54.6 Å². The molecule has 2 saturated heterocycles. The molecule has 0 unspecified atom stereocenters. The number of nitrogens with one attached hydrogen (secondary N) is 1. The summed E-state index contributed by atoms with van der Waals surface area (Å²) in [6, 6.07) is 15.2. The van der Waals surface area contributed by atoms with Gasteiger partial charge in [0, 0.05) is 25.3 Å². The number of hydrogen-bond donors (Lipinski definition) is 1. The molecule has 0 spiro atoms. The van der Waals surface area contributed by atoms with Crippen LogP contribution in [0, 0.1) is 11.7 Å². The molecule has 0 radical (unpaired) electrons. The predicted octanol–water partition coefficient (Wildman–Crippen LogP) is 3.22. The Labute approximate surface area is 163 Å². The van der Waals surface area contributed by atoms with Gasteiger partial charge in [0.15, 0.2) is 0 Å². The zero-order valence-electron chi connectivity index (χ0n) is 15.5. The lowest BCUT2D eigenvalue weighted by atomic mass is 9.97. The number of hydrogen-bond acceptors (Lipinski definition) is 3. The van der Waals surface area contributed by atoms with E-state index in [1.807, 2.05) is 30.3 Å². The fourth-order valence-corrected chi connectivity index (χ4v) is 3.94. The zero-order valence-corrected chi connectivity index (χ0v) is 15.5. The summed E-state index contributed by atoms with van der Waals surface area (Å²) in [4.78, 5) is 27.0. The Kier molecular flexibility index (Phi) is 5.39. The van der Waals surface area contributed by atoms with Gasteiger partial charge in [0.25, 0.3) is 0 Å². The Morgan fingerprint density at radius 2 is 1.89 bits per heavy atom. The minimum absolute atomic E-state index is 0.0539. The van der Waals surface area contributed by atoms with Crippen molar-refractivity contribution in [3.05, 3.63) is 66.0 Å². The number of carbonyl (C=O) groups is 2. The summed E-state index contributed by atoms with van der Waals surface area (Å²) in [5.74, 6) is -0.962. The van der Waals surface area contributed by atoms with Crippen LogP contribution >= 0.6 is 0 Å². The fourth-order valence-electron chi connectivity index (χ4n) is 3.94. The number of ether oxygens (including phenoxy) is 1. The van der Waals surface area contributed by atoms with Gasteiger partial charge in [-0.05, 0) is 42.7 Å². The van der Waals surface area contributed by atoms with Gasteiger partial charge in [-0.25, -0.2) is 4.39 Å². The van der Waals surface area contributed by atoms with Gasteiger partial charge in [-0.3, -0.25) is 9.59 Å². The average Bonchev–Trinajstić information content (AvgIpc) is 3.37. The number of carbonyl (C=O) groups excluding carboxylic acids is 2. The number of nitrogens with zero attached hydrogens (tertiary/aromatic N) is 1. The van der Waals surface area contributed by atoms with Crippen molar-refractivity contribution in [3.63, 3.8) is 0 Å². The molecule has 0 aromatic heterocycles. The molecular formula is C22H23FN2O3. The third-order valence-electron chi connectivity index (χ3n) is 5.43. The highest BCUT2D eigenvalue weighted by Gasteiger charge is 2.37. The molecule has 4 rings (SSSR count). The summed E-state index contributed by atoms with van der Waals surface area (Å²) in [6.45, 7) is 1.01. The molecule has 1 N–H and O–H groups in total. The smallest absolute Gasteiger partial charge is 0.227 e. The van der Waals surface area contributed by atoms with E-state index in [1.54, 1.807) is 17.0 Å². The molecule has 2 heterocycles. The Morgan fingerprint density at radius 1 is 1.14 bits per heavy atom. The molecule has 0 saturated carbocycles. The van der Waals surface area contributed by atoms with Gasteiger partial charge in [0.1, 0.15) is 5.82 Å². The Hall–Kier alpha value is -2.73. The molecular weight excluding hydrogens is 359 g/mol. The average molecular weight is 382 g/mol. The van der Waals surface area contributed by atoms with Crippen LogP contribution in [0.4, 0.5) is 10.1 Å². The first-order valence-corrected chi connectivity index (χ1v) is 9.64. The van der Waals surface area contributed by atoms with Gasteiger partial charge >= 0.3 is 0 Å². The van der Waals surface area contributed by atoms with Crippen molar-refractivity contribution in [2.45, 2.75) is 31.4 Å². The molecule has 2 fully saturated rings. The molecule has 28 heavy (non-hydrogen) atoms. The molecule has 3 atom stereocenters. The van der Waals surface area contributed by atoms with Crippen molar-refractivity contribution in [3.8, 4) is 0 Å². The zero-order chi connectivity index (χ0) is 19.5. The largest absolute Gasteiger partial charge is 0.376 e. The first kappa shape index (κ1) is 18.6. The summed E-state index contributed by atoms with van der Waals surface area (Å²) >= 11 is 0. The molecule has 2 aromatic carbocycles. The molecule has 5 nitrogen and oxygen atoms in total. The third kappa shape index (κ3) is 3.92. The maximum absolute atomic E-state index is 13.3. The Morgan fingerprint density at radius 3 is 2.57 bits per heavy atom. The van der Waals surface area contributed by atoms with E-state index in [9.17, 15) is 14.0 Å². The van der Waals surface area contributed by atoms with Crippen molar-refractivity contribution in [2.75, 3.05) is 18.1 Å². The summed E-state index contributed by atoms with van der Waals surface area (Å²) in [5, 5.41) is 3.06. The monoisotopic (exact) mass is 382 g/mol. The normalized spacial score (nSPS) is 23.0. The maximum atomic E-state index is 13.3. The fraction of sp³-hybridized carbons (Fsp3) is 0.364. The number of halogens is 1. The van der Waals surface area contributed by atoms with Crippen LogP contribution in [0.3, 0.4) is 0 Å². The van der Waals surface area contributed by atoms with Crippen LogP contribution in [0.1, 0.15) is 30.9 Å². The van der Waals surface area contributed by atoms with E-state index in [0.717, 1.165) is 24.1 Å². The van der Waals surface area contributed by atoms with Gasteiger partial charge in [-0.1, -0.05) is 30.3 Å². The Balaban J connectivity index is 1.48. The van der Waals surface area contributed by atoms with Crippen LogP contribution in [0.25, 0.3) is 0 Å². The highest BCUT2D eigenvalue weighted by atomic mass is 19.1. The quantitative estimate of drug-likeness (QED) is 0.864. The maximum Gasteiger partial charge on any atom is 0.227 e. The second-order valence-corrected chi connectivity index (χ2v) is 7.33. The lowest BCUT2D eigenvalue weighted by Gasteiger charge is -2.26. The molecule has 6 heteroatoms. The van der Waals surface area contributed by atoms with Gasteiger partial charge in [-0.2, -0.15) is 0 Å². The molecule has 2 aliphatic heterocycles. The standard InChI is InChI=1S/C22H23FN2O3/c23-17-10-8-15(9-11-17)21(19-7-4-12-28-19)24-22(27)16-13-20(26)25(14-16)18-5-2-1-3-6-18/h1-3,5-6,8-11,16,19,21H,4,7,12-14H2,(H,24,27)/t16-,19+,21-/m1/s1. The summed E-state index contributed by atoms with van der Waals surface area (Å²) in [5.41, 5.74) is 1.61. The van der Waals surface area contributed by atoms with Crippen molar-refractivity contribution in [1.82, 2.24) is 5.32 Å². The highest BCUT2D eigenvalue weighted by molar-refractivity contribution is 6.00. The SMILES string of the molecule is O=C(N[C@H](c1ccc(F)cc1)[C@@H]1CCCO1)[C@@H]1CC(=O)N(c2ccccc2)C1. The Bertz CT molecular complexity index is 835. The molecule has 2 aromatic rings. The topological polar surface area (TPSA) is 58.6 Å². The van der Waals surface area contributed by atoms with E-state index in [0.29, 0.717) is 13.2 Å². The lowest BCUT2D eigenvalue weighted by Crippen LogP contribution is -2.40. The molecule has 146 valence electrons. The number of amides is 2.